The van der Waals surface area contributed by atoms with Gasteiger partial charge in [-0.1, -0.05) is 26.2 Å². The predicted molar refractivity (Wildman–Crippen MR) is 121 cm³/mol. The Morgan fingerprint density at radius 3 is 0.923 bits per heavy atom. The lowest BCUT2D eigenvalue weighted by atomic mass is 10.2. The molecule has 2 aliphatic heterocycles. The first-order valence-electron chi connectivity index (χ1n) is 8.91. The minimum absolute atomic E-state index is 1.53. The van der Waals surface area contributed by atoms with Crippen molar-refractivity contribution in [2.45, 2.75) is 26.2 Å². The topological polar surface area (TPSA) is 0 Å². The van der Waals surface area contributed by atoms with Gasteiger partial charge in [-0.2, -0.15) is 0 Å². The van der Waals surface area contributed by atoms with Gasteiger partial charge in [-0.05, 0) is 42.3 Å². The molecule has 6 heterocycles. The van der Waals surface area contributed by atoms with Crippen LogP contribution in [0, 0.1) is 39.0 Å². The SMILES string of the molecule is C[Si]1(C)c2cs/c3c2=c2c1cs/c2=c1\scc2c1=c1c(cs/c1=3)[Si]2(C)C. The fourth-order valence-electron chi connectivity index (χ4n) is 5.22. The highest BCUT2D eigenvalue weighted by molar-refractivity contribution is 7.18. The van der Waals surface area contributed by atoms with E-state index < -0.39 is 16.1 Å². The number of rotatable bonds is 0. The van der Waals surface area contributed by atoms with E-state index in [1.54, 1.807) is 59.8 Å². The van der Waals surface area contributed by atoms with Crippen LogP contribution in [0.5, 0.6) is 0 Å². The summed E-state index contributed by atoms with van der Waals surface area (Å²) in [4.78, 5) is 0. The van der Waals surface area contributed by atoms with Crippen LogP contribution in [0.1, 0.15) is 0 Å². The Hall–Kier alpha value is -0.766. The molecule has 0 saturated carbocycles. The average Bonchev–Trinajstić information content (AvgIpc) is 3.33. The molecule has 0 saturated heterocycles. The molecule has 0 nitrogen and oxygen atoms in total. The van der Waals surface area contributed by atoms with Crippen LogP contribution in [-0.4, -0.2) is 16.1 Å². The fourth-order valence-corrected chi connectivity index (χ4v) is 19.2. The van der Waals surface area contributed by atoms with Crippen molar-refractivity contribution in [1.29, 1.82) is 0 Å². The second-order valence-corrected chi connectivity index (χ2v) is 20.8. The molecule has 0 spiro atoms. The zero-order valence-electron chi connectivity index (χ0n) is 14.9. The summed E-state index contributed by atoms with van der Waals surface area (Å²) in [6.07, 6.45) is 0. The molecule has 7 rings (SSSR count). The standard InChI is InChI=1S/C20H16S4Si2/c1-25(2)9-5-21-17-13(9)14-10(25)6-22-18(14)20-16-12(8-24-20)26(3,4)11-7-23-19(17)15(11)16/h5-8H,1-4H3/b19-17-,20-18-. The van der Waals surface area contributed by atoms with E-state index in [0.29, 0.717) is 0 Å². The summed E-state index contributed by atoms with van der Waals surface area (Å²) in [6.45, 7) is 10.2. The first-order chi connectivity index (χ1) is 12.4. The Kier molecular flexibility index (Phi) is 2.51. The molecular weight excluding hydrogens is 425 g/mol. The molecular formula is C20H16S4Si2. The van der Waals surface area contributed by atoms with Crippen molar-refractivity contribution in [3.05, 3.63) is 60.5 Å². The lowest BCUT2D eigenvalue weighted by molar-refractivity contribution is 1.51. The highest BCUT2D eigenvalue weighted by Gasteiger charge is 2.38. The molecule has 0 fully saturated rings. The second kappa shape index (κ2) is 4.29. The van der Waals surface area contributed by atoms with Gasteiger partial charge in [-0.25, -0.2) is 0 Å². The lowest BCUT2D eigenvalue weighted by Gasteiger charge is -2.16. The monoisotopic (exact) mass is 440 g/mol. The van der Waals surface area contributed by atoms with Crippen molar-refractivity contribution in [2.24, 2.45) is 0 Å². The molecule has 0 radical (unpaired) electrons. The largest absolute Gasteiger partial charge is 0.142 e. The van der Waals surface area contributed by atoms with Crippen molar-refractivity contribution in [3.8, 4) is 0 Å². The molecule has 0 amide bonds. The molecule has 0 unspecified atom stereocenters. The van der Waals surface area contributed by atoms with Crippen LogP contribution in [0.25, 0.3) is 0 Å². The zero-order chi connectivity index (χ0) is 17.6. The van der Waals surface area contributed by atoms with E-state index in [4.69, 9.17) is 0 Å². The summed E-state index contributed by atoms with van der Waals surface area (Å²) in [7, 11) is -3.07. The molecule has 26 heavy (non-hydrogen) atoms. The van der Waals surface area contributed by atoms with E-state index in [9.17, 15) is 0 Å². The van der Waals surface area contributed by atoms with Crippen molar-refractivity contribution >= 4 is 82.2 Å². The minimum Gasteiger partial charge on any atom is -0.142 e. The number of hydrogen-bond acceptors (Lipinski definition) is 4. The molecule has 0 atom stereocenters. The molecule has 128 valence electrons. The van der Waals surface area contributed by atoms with Crippen LogP contribution in [0.3, 0.4) is 0 Å². The van der Waals surface area contributed by atoms with Gasteiger partial charge in [0.15, 0.2) is 0 Å². The Morgan fingerprint density at radius 1 is 0.462 bits per heavy atom. The van der Waals surface area contributed by atoms with E-state index in [0.717, 1.165) is 0 Å². The summed E-state index contributed by atoms with van der Waals surface area (Å²) in [5.41, 5.74) is 0. The molecule has 6 heteroatoms. The van der Waals surface area contributed by atoms with Gasteiger partial charge in [-0.3, -0.25) is 0 Å². The van der Waals surface area contributed by atoms with Gasteiger partial charge in [0.1, 0.15) is 16.1 Å². The third-order valence-corrected chi connectivity index (χ3v) is 18.8. The van der Waals surface area contributed by atoms with E-state index in [1.807, 2.05) is 45.3 Å². The molecule has 4 aromatic heterocycles. The van der Waals surface area contributed by atoms with Gasteiger partial charge in [0.05, 0.1) is 18.1 Å². The quantitative estimate of drug-likeness (QED) is 0.322. The zero-order valence-corrected chi connectivity index (χ0v) is 20.2. The van der Waals surface area contributed by atoms with Crippen LogP contribution < -0.4 is 20.7 Å². The Balaban J connectivity index is 2.08. The van der Waals surface area contributed by atoms with Crippen molar-refractivity contribution in [3.63, 3.8) is 0 Å². The summed E-state index contributed by atoms with van der Waals surface area (Å²) in [5.74, 6) is 0. The van der Waals surface area contributed by atoms with Crippen LogP contribution >= 0.6 is 45.3 Å². The Morgan fingerprint density at radius 2 is 0.692 bits per heavy atom. The van der Waals surface area contributed by atoms with Crippen LogP contribution in [0.2, 0.25) is 26.2 Å². The molecule has 4 aromatic rings. The van der Waals surface area contributed by atoms with Crippen LogP contribution in [0.15, 0.2) is 21.5 Å². The van der Waals surface area contributed by atoms with Crippen molar-refractivity contribution in [1.82, 2.24) is 0 Å². The Labute approximate surface area is 168 Å². The number of thiophene rings is 4. The maximum atomic E-state index is 2.55. The van der Waals surface area contributed by atoms with Crippen LogP contribution in [0.4, 0.5) is 0 Å². The highest BCUT2D eigenvalue weighted by atomic mass is 32.1. The maximum Gasteiger partial charge on any atom is 0.116 e. The fraction of sp³-hybridized carbons (Fsp3) is 0.200. The summed E-state index contributed by atoms with van der Waals surface area (Å²) in [5, 5.41) is 23.3. The first kappa shape index (κ1) is 15.2. The molecule has 0 bridgehead atoms. The average molecular weight is 441 g/mol. The van der Waals surface area contributed by atoms with Crippen molar-refractivity contribution in [2.75, 3.05) is 0 Å². The Bertz CT molecular complexity index is 1440. The van der Waals surface area contributed by atoms with Gasteiger partial charge < -0.3 is 0 Å². The van der Waals surface area contributed by atoms with E-state index in [2.05, 4.69) is 47.7 Å². The van der Waals surface area contributed by atoms with Gasteiger partial charge in [-0.15, -0.1) is 45.3 Å². The van der Waals surface area contributed by atoms with E-state index in [-0.39, 0.29) is 0 Å². The highest BCUT2D eigenvalue weighted by Crippen LogP contribution is 2.29. The molecule has 0 aromatic carbocycles. The molecule has 3 aliphatic rings. The summed E-state index contributed by atoms with van der Waals surface area (Å²) in [6, 6.07) is 0. The minimum atomic E-state index is -1.53. The van der Waals surface area contributed by atoms with Crippen LogP contribution in [-0.2, 0) is 0 Å². The maximum absolute atomic E-state index is 2.55. The van der Waals surface area contributed by atoms with E-state index >= 15 is 0 Å². The second-order valence-electron chi connectivity index (χ2n) is 8.66. The molecule has 0 N–H and O–H groups in total. The number of hydrogen-bond donors (Lipinski definition) is 0. The van der Waals surface area contributed by atoms with Gasteiger partial charge >= 0.3 is 0 Å². The third-order valence-electron chi connectivity index (χ3n) is 6.77. The third kappa shape index (κ3) is 1.38. The van der Waals surface area contributed by atoms with Gasteiger partial charge in [0.25, 0.3) is 0 Å². The lowest BCUT2D eigenvalue weighted by Crippen LogP contribution is -2.49. The predicted octanol–water partition coefficient (Wildman–Crippen LogP) is 3.67. The smallest absolute Gasteiger partial charge is 0.116 e. The van der Waals surface area contributed by atoms with E-state index in [1.165, 1.54) is 0 Å². The first-order valence-corrected chi connectivity index (χ1v) is 18.4. The van der Waals surface area contributed by atoms with Crippen molar-refractivity contribution < 1.29 is 0 Å². The summed E-state index contributed by atoms with van der Waals surface area (Å²) < 4.78 is 6.28. The van der Waals surface area contributed by atoms with Gasteiger partial charge in [0.2, 0.25) is 0 Å². The normalized spacial score (nSPS) is 21.4. The molecule has 1 aliphatic carbocycles. The van der Waals surface area contributed by atoms with Gasteiger partial charge in [0, 0.05) is 20.9 Å². The summed E-state index contributed by atoms with van der Waals surface area (Å²) >= 11 is 8.05.